The van der Waals surface area contributed by atoms with Crippen molar-refractivity contribution in [1.29, 1.82) is 0 Å². The number of amides is 1. The molecule has 5 nitrogen and oxygen atoms in total. The van der Waals surface area contributed by atoms with Gasteiger partial charge in [0.2, 0.25) is 5.91 Å². The van der Waals surface area contributed by atoms with Crippen molar-refractivity contribution < 1.29 is 20.1 Å². The first-order valence-electron chi connectivity index (χ1n) is 9.96. The van der Waals surface area contributed by atoms with E-state index in [1.165, 1.54) is 5.56 Å². The van der Waals surface area contributed by atoms with Crippen molar-refractivity contribution in [2.45, 2.75) is 76.1 Å². The van der Waals surface area contributed by atoms with Crippen LogP contribution in [0.5, 0.6) is 0 Å². The average molecular weight is 396 g/mol. The summed E-state index contributed by atoms with van der Waals surface area (Å²) in [4.78, 5) is 10.7. The van der Waals surface area contributed by atoms with Gasteiger partial charge in [0, 0.05) is 6.42 Å². The third-order valence-electron chi connectivity index (χ3n) is 5.57. The Bertz CT molecular complexity index is 575. The van der Waals surface area contributed by atoms with Crippen molar-refractivity contribution in [1.82, 2.24) is 0 Å². The van der Waals surface area contributed by atoms with E-state index in [0.717, 1.165) is 32.1 Å². The SMILES string of the molecule is NC(=O)CCC/C=C\C[C@H]1C(O)CC(O)[C@@H]1CCC(O)CCc1ccsc1. The van der Waals surface area contributed by atoms with Crippen LogP contribution in [-0.2, 0) is 11.2 Å². The summed E-state index contributed by atoms with van der Waals surface area (Å²) < 4.78 is 0. The van der Waals surface area contributed by atoms with Crippen molar-refractivity contribution in [2.24, 2.45) is 17.6 Å². The van der Waals surface area contributed by atoms with E-state index in [9.17, 15) is 20.1 Å². The van der Waals surface area contributed by atoms with Gasteiger partial charge in [-0.1, -0.05) is 12.2 Å². The molecule has 0 saturated heterocycles. The van der Waals surface area contributed by atoms with Crippen LogP contribution in [0.1, 0.15) is 56.9 Å². The minimum absolute atomic E-state index is 0.0195. The summed E-state index contributed by atoms with van der Waals surface area (Å²) in [6.07, 6.45) is 8.70. The van der Waals surface area contributed by atoms with Gasteiger partial charge in [0.05, 0.1) is 18.3 Å². The topological polar surface area (TPSA) is 104 Å². The van der Waals surface area contributed by atoms with E-state index in [0.29, 0.717) is 25.7 Å². The van der Waals surface area contributed by atoms with Crippen LogP contribution in [0.4, 0.5) is 0 Å². The van der Waals surface area contributed by atoms with E-state index in [1.54, 1.807) is 11.3 Å². The first-order valence-corrected chi connectivity index (χ1v) is 10.9. The summed E-state index contributed by atoms with van der Waals surface area (Å²) in [5.74, 6) is -0.238. The Balaban J connectivity index is 1.73. The molecule has 27 heavy (non-hydrogen) atoms. The highest BCUT2D eigenvalue weighted by Crippen LogP contribution is 2.38. The molecular weight excluding hydrogens is 362 g/mol. The molecule has 5 N–H and O–H groups in total. The summed E-state index contributed by atoms with van der Waals surface area (Å²) in [5, 5.41) is 35.0. The zero-order chi connectivity index (χ0) is 19.6. The lowest BCUT2D eigenvalue weighted by Crippen LogP contribution is -2.23. The van der Waals surface area contributed by atoms with Crippen LogP contribution in [0.15, 0.2) is 29.0 Å². The van der Waals surface area contributed by atoms with Crippen molar-refractivity contribution in [2.75, 3.05) is 0 Å². The zero-order valence-electron chi connectivity index (χ0n) is 15.9. The first-order chi connectivity index (χ1) is 13.0. The van der Waals surface area contributed by atoms with E-state index in [4.69, 9.17) is 5.73 Å². The fraction of sp³-hybridized carbons (Fsp3) is 0.667. The molecule has 1 heterocycles. The molecule has 6 heteroatoms. The van der Waals surface area contributed by atoms with Crippen LogP contribution in [0.25, 0.3) is 0 Å². The highest BCUT2D eigenvalue weighted by atomic mass is 32.1. The zero-order valence-corrected chi connectivity index (χ0v) is 16.7. The Morgan fingerprint density at radius 1 is 1.26 bits per heavy atom. The fourth-order valence-corrected chi connectivity index (χ4v) is 4.67. The average Bonchev–Trinajstić information content (AvgIpc) is 3.22. The molecule has 1 aliphatic carbocycles. The van der Waals surface area contributed by atoms with Gasteiger partial charge >= 0.3 is 0 Å². The van der Waals surface area contributed by atoms with Crippen molar-refractivity contribution >= 4 is 17.2 Å². The number of carbonyl (C=O) groups is 1. The van der Waals surface area contributed by atoms with Gasteiger partial charge < -0.3 is 21.1 Å². The molecule has 1 saturated carbocycles. The Hall–Kier alpha value is -1.21. The number of aryl methyl sites for hydroxylation is 1. The smallest absolute Gasteiger partial charge is 0.217 e. The molecule has 152 valence electrons. The molecule has 0 aromatic carbocycles. The minimum Gasteiger partial charge on any atom is -0.393 e. The minimum atomic E-state index is -0.502. The van der Waals surface area contributed by atoms with E-state index < -0.39 is 12.2 Å². The molecule has 1 amide bonds. The van der Waals surface area contributed by atoms with Gasteiger partial charge in [0.25, 0.3) is 0 Å². The van der Waals surface area contributed by atoms with Crippen molar-refractivity contribution in [3.8, 4) is 0 Å². The number of thiophene rings is 1. The second-order valence-corrected chi connectivity index (χ2v) is 8.45. The molecule has 0 radical (unpaired) electrons. The molecule has 1 aliphatic rings. The largest absolute Gasteiger partial charge is 0.393 e. The third-order valence-corrected chi connectivity index (χ3v) is 6.30. The molecule has 3 unspecified atom stereocenters. The van der Waals surface area contributed by atoms with E-state index >= 15 is 0 Å². The molecule has 2 rings (SSSR count). The molecule has 0 bridgehead atoms. The Morgan fingerprint density at radius 3 is 2.74 bits per heavy atom. The quantitative estimate of drug-likeness (QED) is 0.323. The second kappa shape index (κ2) is 11.6. The van der Waals surface area contributed by atoms with Gasteiger partial charge in [-0.2, -0.15) is 11.3 Å². The first kappa shape index (κ1) is 22.1. The van der Waals surface area contributed by atoms with Gasteiger partial charge in [-0.05, 0) is 85.6 Å². The van der Waals surface area contributed by atoms with Gasteiger partial charge in [0.1, 0.15) is 0 Å². The van der Waals surface area contributed by atoms with Gasteiger partial charge in [-0.15, -0.1) is 0 Å². The molecule has 1 aromatic rings. The molecule has 1 aromatic heterocycles. The lowest BCUT2D eigenvalue weighted by molar-refractivity contribution is -0.118. The Labute approximate surface area is 165 Å². The van der Waals surface area contributed by atoms with E-state index in [-0.39, 0.29) is 23.8 Å². The summed E-state index contributed by atoms with van der Waals surface area (Å²) in [7, 11) is 0. The number of carbonyl (C=O) groups excluding carboxylic acids is 1. The van der Waals surface area contributed by atoms with Crippen molar-refractivity contribution in [3.63, 3.8) is 0 Å². The van der Waals surface area contributed by atoms with Crippen LogP contribution in [-0.4, -0.2) is 39.5 Å². The van der Waals surface area contributed by atoms with E-state index in [2.05, 4.69) is 11.4 Å². The molecule has 0 spiro atoms. The standard InChI is InChI=1S/C21H33NO4S/c22-21(26)6-4-2-1-3-5-17-18(20(25)13-19(17)24)10-9-16(23)8-7-15-11-12-27-14-15/h1,3,11-12,14,16-20,23-25H,2,4-10,13H2,(H2,22,26)/b3-1-/t16?,17-,18-,19?,20?/m1/s1. The number of nitrogens with two attached hydrogens (primary N) is 1. The summed E-state index contributed by atoms with van der Waals surface area (Å²) >= 11 is 1.67. The fourth-order valence-electron chi connectivity index (χ4n) is 3.97. The molecule has 0 aliphatic heterocycles. The number of aliphatic hydroxyl groups excluding tert-OH is 3. The maximum absolute atomic E-state index is 10.7. The van der Waals surface area contributed by atoms with Gasteiger partial charge in [-0.3, -0.25) is 4.79 Å². The number of hydrogen-bond acceptors (Lipinski definition) is 5. The normalized spacial score (nSPS) is 26.6. The molecule has 5 atom stereocenters. The van der Waals surface area contributed by atoms with Crippen LogP contribution in [0.2, 0.25) is 0 Å². The second-order valence-electron chi connectivity index (χ2n) is 7.67. The van der Waals surface area contributed by atoms with Crippen molar-refractivity contribution in [3.05, 3.63) is 34.5 Å². The van der Waals surface area contributed by atoms with Crippen LogP contribution >= 0.6 is 11.3 Å². The summed E-state index contributed by atoms with van der Waals surface area (Å²) in [6.45, 7) is 0. The van der Waals surface area contributed by atoms with E-state index in [1.807, 2.05) is 17.5 Å². The van der Waals surface area contributed by atoms with Crippen LogP contribution in [0.3, 0.4) is 0 Å². The Kier molecular flexibility index (Phi) is 9.48. The number of aliphatic hydroxyl groups is 3. The maximum atomic E-state index is 10.7. The highest BCUT2D eigenvalue weighted by Gasteiger charge is 2.40. The predicted molar refractivity (Wildman–Crippen MR) is 108 cm³/mol. The molecule has 1 fully saturated rings. The summed E-state index contributed by atoms with van der Waals surface area (Å²) in [5.41, 5.74) is 6.38. The third kappa shape index (κ3) is 7.74. The van der Waals surface area contributed by atoms with Crippen LogP contribution < -0.4 is 5.73 Å². The van der Waals surface area contributed by atoms with Gasteiger partial charge in [0.15, 0.2) is 0 Å². The number of rotatable bonds is 12. The van der Waals surface area contributed by atoms with Crippen LogP contribution in [0, 0.1) is 11.8 Å². The lowest BCUT2D eigenvalue weighted by atomic mass is 9.85. The number of allylic oxidation sites excluding steroid dienone is 2. The Morgan fingerprint density at radius 2 is 2.04 bits per heavy atom. The maximum Gasteiger partial charge on any atom is 0.217 e. The van der Waals surface area contributed by atoms with Gasteiger partial charge in [-0.25, -0.2) is 0 Å². The number of unbranched alkanes of at least 4 members (excludes halogenated alkanes) is 1. The number of primary amides is 1. The molecular formula is C21H33NO4S. The predicted octanol–water partition coefficient (Wildman–Crippen LogP) is 2.78. The highest BCUT2D eigenvalue weighted by molar-refractivity contribution is 7.07. The monoisotopic (exact) mass is 395 g/mol. The lowest BCUT2D eigenvalue weighted by Gasteiger charge is -2.23. The summed E-state index contributed by atoms with van der Waals surface area (Å²) in [6, 6.07) is 2.08. The number of hydrogen-bond donors (Lipinski definition) is 4.